The molecule has 19 heavy (non-hydrogen) atoms. The second kappa shape index (κ2) is 7.68. The number of benzene rings is 1. The lowest BCUT2D eigenvalue weighted by molar-refractivity contribution is 0.0952. The Labute approximate surface area is 125 Å². The molecule has 1 rings (SSSR count). The van der Waals surface area contributed by atoms with Crippen LogP contribution in [0.4, 0.5) is 0 Å². The number of carbonyl (C=O) groups excluding carboxylic acids is 1. The van der Waals surface area contributed by atoms with Crippen molar-refractivity contribution >= 4 is 21.8 Å². The highest BCUT2D eigenvalue weighted by atomic mass is 79.9. The van der Waals surface area contributed by atoms with Gasteiger partial charge in [-0.05, 0) is 43.0 Å². The lowest BCUT2D eigenvalue weighted by Crippen LogP contribution is -2.32. The highest BCUT2D eigenvalue weighted by molar-refractivity contribution is 9.09. The molecule has 1 atom stereocenters. The van der Waals surface area contributed by atoms with Crippen molar-refractivity contribution in [3.63, 3.8) is 0 Å². The van der Waals surface area contributed by atoms with Gasteiger partial charge in [-0.25, -0.2) is 0 Å². The van der Waals surface area contributed by atoms with Gasteiger partial charge in [0.25, 0.3) is 5.91 Å². The van der Waals surface area contributed by atoms with Gasteiger partial charge in [0, 0.05) is 16.9 Å². The van der Waals surface area contributed by atoms with Crippen LogP contribution in [0.15, 0.2) is 18.2 Å². The summed E-state index contributed by atoms with van der Waals surface area (Å²) in [4.78, 5) is 12.4. The fourth-order valence-electron chi connectivity index (χ4n) is 2.14. The van der Waals surface area contributed by atoms with Gasteiger partial charge in [-0.1, -0.05) is 48.7 Å². The van der Waals surface area contributed by atoms with Crippen LogP contribution >= 0.6 is 15.9 Å². The second-order valence-electron chi connectivity index (χ2n) is 5.10. The van der Waals surface area contributed by atoms with Crippen molar-refractivity contribution in [3.8, 4) is 0 Å². The summed E-state index contributed by atoms with van der Waals surface area (Å²) in [6.07, 6.45) is 2.26. The Kier molecular flexibility index (Phi) is 6.56. The number of halogens is 1. The maximum absolute atomic E-state index is 12.1. The van der Waals surface area contributed by atoms with Gasteiger partial charge in [0.1, 0.15) is 0 Å². The van der Waals surface area contributed by atoms with Gasteiger partial charge < -0.3 is 5.32 Å². The monoisotopic (exact) mass is 325 g/mol. The van der Waals surface area contributed by atoms with Crippen LogP contribution in [0.1, 0.15) is 48.2 Å². The summed E-state index contributed by atoms with van der Waals surface area (Å²) in [5.74, 6) is 0.624. The molecule has 0 saturated heterocycles. The molecule has 1 amide bonds. The van der Waals surface area contributed by atoms with Gasteiger partial charge in [0.2, 0.25) is 0 Å². The Bertz CT molecular complexity index is 427. The standard InChI is InChI=1S/C16H24BrNO/c1-5-13(6-2)15(17)10-18-16(19)14-8-7-11(3)12(4)9-14/h7-9,13,15H,5-6,10H2,1-4H3,(H,18,19). The van der Waals surface area contributed by atoms with Crippen molar-refractivity contribution in [2.24, 2.45) is 5.92 Å². The molecule has 0 aliphatic heterocycles. The van der Waals surface area contributed by atoms with Crippen LogP contribution in [-0.4, -0.2) is 17.3 Å². The summed E-state index contributed by atoms with van der Waals surface area (Å²) in [6.45, 7) is 9.14. The smallest absolute Gasteiger partial charge is 0.251 e. The first-order valence-corrected chi connectivity index (χ1v) is 7.90. The lowest BCUT2D eigenvalue weighted by Gasteiger charge is -2.20. The molecule has 3 heteroatoms. The van der Waals surface area contributed by atoms with Crippen molar-refractivity contribution in [2.45, 2.75) is 45.4 Å². The lowest BCUT2D eigenvalue weighted by atomic mass is 9.99. The molecule has 0 radical (unpaired) electrons. The van der Waals surface area contributed by atoms with Crippen LogP contribution in [0.3, 0.4) is 0 Å². The molecule has 2 nitrogen and oxygen atoms in total. The third kappa shape index (κ3) is 4.64. The molecule has 0 saturated carbocycles. The normalized spacial score (nSPS) is 12.5. The predicted molar refractivity (Wildman–Crippen MR) is 85.0 cm³/mol. The molecule has 0 aromatic heterocycles. The topological polar surface area (TPSA) is 29.1 Å². The average molecular weight is 326 g/mol. The first-order chi connectivity index (χ1) is 8.99. The number of nitrogens with one attached hydrogen (secondary N) is 1. The van der Waals surface area contributed by atoms with Crippen molar-refractivity contribution in [1.82, 2.24) is 5.32 Å². The van der Waals surface area contributed by atoms with Crippen molar-refractivity contribution in [3.05, 3.63) is 34.9 Å². The Morgan fingerprint density at radius 1 is 1.21 bits per heavy atom. The van der Waals surface area contributed by atoms with E-state index in [-0.39, 0.29) is 5.91 Å². The van der Waals surface area contributed by atoms with Crippen molar-refractivity contribution < 1.29 is 4.79 Å². The zero-order valence-corrected chi connectivity index (χ0v) is 13.9. The molecule has 0 heterocycles. The number of rotatable bonds is 6. The zero-order chi connectivity index (χ0) is 14.4. The number of amides is 1. The van der Waals surface area contributed by atoms with Crippen LogP contribution in [0, 0.1) is 19.8 Å². The summed E-state index contributed by atoms with van der Waals surface area (Å²) < 4.78 is 0. The van der Waals surface area contributed by atoms with Crippen LogP contribution in [0.2, 0.25) is 0 Å². The Balaban J connectivity index is 2.58. The maximum atomic E-state index is 12.1. The van der Waals surface area contributed by atoms with E-state index >= 15 is 0 Å². The van der Waals surface area contributed by atoms with Crippen LogP contribution in [0.5, 0.6) is 0 Å². The van der Waals surface area contributed by atoms with Gasteiger partial charge in [-0.2, -0.15) is 0 Å². The minimum Gasteiger partial charge on any atom is -0.351 e. The minimum absolute atomic E-state index is 0.0125. The fraction of sp³-hybridized carbons (Fsp3) is 0.562. The van der Waals surface area contributed by atoms with E-state index in [1.165, 1.54) is 5.56 Å². The van der Waals surface area contributed by atoms with Gasteiger partial charge >= 0.3 is 0 Å². The van der Waals surface area contributed by atoms with Gasteiger partial charge in [0.15, 0.2) is 0 Å². The average Bonchev–Trinajstić information content (AvgIpc) is 2.40. The summed E-state index contributed by atoms with van der Waals surface area (Å²) in [6, 6.07) is 5.83. The molecular formula is C16H24BrNO. The fourth-order valence-corrected chi connectivity index (χ4v) is 3.05. The highest BCUT2D eigenvalue weighted by Crippen LogP contribution is 2.19. The maximum Gasteiger partial charge on any atom is 0.251 e. The molecular weight excluding hydrogens is 302 g/mol. The molecule has 0 fully saturated rings. The van der Waals surface area contributed by atoms with E-state index in [9.17, 15) is 4.79 Å². The molecule has 1 aromatic rings. The van der Waals surface area contributed by atoms with Crippen LogP contribution < -0.4 is 5.32 Å². The van der Waals surface area contributed by atoms with Crippen molar-refractivity contribution in [1.29, 1.82) is 0 Å². The molecule has 0 spiro atoms. The van der Waals surface area contributed by atoms with E-state index in [0.717, 1.165) is 24.0 Å². The van der Waals surface area contributed by atoms with E-state index in [0.29, 0.717) is 17.3 Å². The van der Waals surface area contributed by atoms with Gasteiger partial charge in [-0.3, -0.25) is 4.79 Å². The summed E-state index contributed by atoms with van der Waals surface area (Å²) >= 11 is 3.68. The van der Waals surface area contributed by atoms with Crippen LogP contribution in [-0.2, 0) is 0 Å². The molecule has 0 aliphatic carbocycles. The van der Waals surface area contributed by atoms with Crippen LogP contribution in [0.25, 0.3) is 0 Å². The van der Waals surface area contributed by atoms with Gasteiger partial charge in [-0.15, -0.1) is 0 Å². The summed E-state index contributed by atoms with van der Waals surface area (Å²) in [7, 11) is 0. The highest BCUT2D eigenvalue weighted by Gasteiger charge is 2.16. The van der Waals surface area contributed by atoms with Crippen molar-refractivity contribution in [2.75, 3.05) is 6.54 Å². The van der Waals surface area contributed by atoms with E-state index in [1.54, 1.807) is 0 Å². The first kappa shape index (κ1) is 16.2. The minimum atomic E-state index is 0.0125. The number of aryl methyl sites for hydroxylation is 2. The third-order valence-corrected chi connectivity index (χ3v) is 4.86. The zero-order valence-electron chi connectivity index (χ0n) is 12.3. The van der Waals surface area contributed by atoms with E-state index in [2.05, 4.69) is 42.0 Å². The number of hydrogen-bond donors (Lipinski definition) is 1. The molecule has 1 unspecified atom stereocenters. The summed E-state index contributed by atoms with van der Waals surface area (Å²) in [5, 5.41) is 3.01. The Morgan fingerprint density at radius 2 is 1.84 bits per heavy atom. The molecule has 1 aromatic carbocycles. The quantitative estimate of drug-likeness (QED) is 0.779. The SMILES string of the molecule is CCC(CC)C(Br)CNC(=O)c1ccc(C)c(C)c1. The van der Waals surface area contributed by atoms with E-state index < -0.39 is 0 Å². The largest absolute Gasteiger partial charge is 0.351 e. The van der Waals surface area contributed by atoms with E-state index in [4.69, 9.17) is 0 Å². The number of alkyl halides is 1. The van der Waals surface area contributed by atoms with E-state index in [1.807, 2.05) is 25.1 Å². The number of hydrogen-bond acceptors (Lipinski definition) is 1. The Morgan fingerprint density at radius 3 is 2.37 bits per heavy atom. The Hall–Kier alpha value is -0.830. The second-order valence-corrected chi connectivity index (χ2v) is 6.28. The van der Waals surface area contributed by atoms with Gasteiger partial charge in [0.05, 0.1) is 0 Å². The third-order valence-electron chi connectivity index (χ3n) is 3.79. The summed E-state index contributed by atoms with van der Waals surface area (Å²) in [5.41, 5.74) is 3.11. The molecule has 106 valence electrons. The predicted octanol–water partition coefficient (Wildman–Crippen LogP) is 4.23. The molecule has 1 N–H and O–H groups in total. The molecule has 0 bridgehead atoms. The number of carbonyl (C=O) groups is 1. The first-order valence-electron chi connectivity index (χ1n) is 6.99. The molecule has 0 aliphatic rings.